The Bertz CT molecular complexity index is 545. The van der Waals surface area contributed by atoms with Crippen LogP contribution in [0.1, 0.15) is 12.8 Å². The molecule has 0 bridgehead atoms. The van der Waals surface area contributed by atoms with E-state index in [4.69, 9.17) is 5.11 Å². The Morgan fingerprint density at radius 1 is 1.28 bits per heavy atom. The molecule has 18 heavy (non-hydrogen) atoms. The minimum atomic E-state index is -3.76. The second-order valence-electron chi connectivity index (χ2n) is 3.55. The van der Waals surface area contributed by atoms with Gasteiger partial charge in [0.05, 0.1) is 11.4 Å². The molecule has 0 saturated heterocycles. The van der Waals surface area contributed by atoms with Gasteiger partial charge >= 0.3 is 5.97 Å². The van der Waals surface area contributed by atoms with Crippen molar-refractivity contribution in [3.63, 3.8) is 0 Å². The van der Waals surface area contributed by atoms with Crippen molar-refractivity contribution in [2.75, 3.05) is 10.5 Å². The number of hydrogen-bond acceptors (Lipinski definition) is 3. The monoisotopic (exact) mass is 279 g/mol. The van der Waals surface area contributed by atoms with Crippen molar-refractivity contribution in [3.05, 3.63) is 29.8 Å². The largest absolute Gasteiger partial charge is 0.481 e. The van der Waals surface area contributed by atoms with Gasteiger partial charge < -0.3 is 5.11 Å². The van der Waals surface area contributed by atoms with Crippen LogP contribution in [0.5, 0.6) is 0 Å². The van der Waals surface area contributed by atoms with Gasteiger partial charge in [-0.25, -0.2) is 17.2 Å². The first kappa shape index (κ1) is 14.4. The van der Waals surface area contributed by atoms with Crippen molar-refractivity contribution < 1.29 is 27.1 Å². The quantitative estimate of drug-likeness (QED) is 0.828. The molecule has 0 saturated carbocycles. The Labute approximate surface area is 102 Å². The van der Waals surface area contributed by atoms with Crippen LogP contribution in [0.3, 0.4) is 0 Å². The molecule has 1 aromatic carbocycles. The SMILES string of the molecule is O=C(O)CCCS(=O)(=O)Nc1ccc(F)c(F)c1. The van der Waals surface area contributed by atoms with Gasteiger partial charge in [0.15, 0.2) is 11.6 Å². The molecule has 0 unspecified atom stereocenters. The molecule has 0 aliphatic carbocycles. The van der Waals surface area contributed by atoms with Gasteiger partial charge in [-0.15, -0.1) is 0 Å². The van der Waals surface area contributed by atoms with Gasteiger partial charge in [0.1, 0.15) is 0 Å². The summed E-state index contributed by atoms with van der Waals surface area (Å²) in [6.07, 6.45) is -0.340. The van der Waals surface area contributed by atoms with Gasteiger partial charge in [-0.2, -0.15) is 0 Å². The lowest BCUT2D eigenvalue weighted by Crippen LogP contribution is -2.17. The average Bonchev–Trinajstić information content (AvgIpc) is 2.22. The van der Waals surface area contributed by atoms with Gasteiger partial charge in [0.25, 0.3) is 0 Å². The van der Waals surface area contributed by atoms with E-state index in [9.17, 15) is 22.0 Å². The number of carboxylic acid groups (broad SMARTS) is 1. The number of anilines is 1. The number of carboxylic acids is 1. The summed E-state index contributed by atoms with van der Waals surface area (Å²) in [7, 11) is -3.76. The fraction of sp³-hybridized carbons (Fsp3) is 0.300. The molecule has 0 radical (unpaired) electrons. The Balaban J connectivity index is 2.64. The average molecular weight is 279 g/mol. The maximum absolute atomic E-state index is 12.8. The number of halogens is 2. The Morgan fingerprint density at radius 3 is 2.50 bits per heavy atom. The highest BCUT2D eigenvalue weighted by Crippen LogP contribution is 2.14. The molecule has 0 spiro atoms. The first-order valence-electron chi connectivity index (χ1n) is 4.97. The molecule has 0 aliphatic heterocycles. The second-order valence-corrected chi connectivity index (χ2v) is 5.39. The molecule has 0 atom stereocenters. The third-order valence-corrected chi connectivity index (χ3v) is 3.37. The van der Waals surface area contributed by atoms with E-state index in [2.05, 4.69) is 0 Å². The molecule has 0 aliphatic rings. The molecule has 0 aromatic heterocycles. The van der Waals surface area contributed by atoms with E-state index in [0.717, 1.165) is 12.1 Å². The molecule has 2 N–H and O–H groups in total. The molecule has 0 amide bonds. The summed E-state index contributed by atoms with van der Waals surface area (Å²) in [6, 6.07) is 2.58. The third-order valence-electron chi connectivity index (χ3n) is 2.00. The smallest absolute Gasteiger partial charge is 0.303 e. The summed E-state index contributed by atoms with van der Waals surface area (Å²) in [6.45, 7) is 0. The lowest BCUT2D eigenvalue weighted by atomic mass is 10.3. The zero-order chi connectivity index (χ0) is 13.8. The minimum absolute atomic E-state index is 0.0612. The summed E-state index contributed by atoms with van der Waals surface area (Å²) in [5, 5.41) is 8.36. The summed E-state index contributed by atoms with van der Waals surface area (Å²) in [5.74, 6) is -3.75. The molecule has 8 heteroatoms. The van der Waals surface area contributed by atoms with Crippen LogP contribution in [-0.4, -0.2) is 25.2 Å². The number of nitrogens with one attached hydrogen (secondary N) is 1. The topological polar surface area (TPSA) is 83.5 Å². The van der Waals surface area contributed by atoms with Crippen LogP contribution >= 0.6 is 0 Å². The number of benzene rings is 1. The molecule has 100 valence electrons. The summed E-state index contributed by atoms with van der Waals surface area (Å²) in [4.78, 5) is 10.2. The predicted octanol–water partition coefficient (Wildman–Crippen LogP) is 1.57. The Morgan fingerprint density at radius 2 is 1.94 bits per heavy atom. The number of rotatable bonds is 6. The van der Waals surface area contributed by atoms with Gasteiger partial charge in [-0.1, -0.05) is 0 Å². The Hall–Kier alpha value is -1.70. The first-order valence-corrected chi connectivity index (χ1v) is 6.63. The standard InChI is InChI=1S/C10H11F2NO4S/c11-8-4-3-7(6-9(8)12)13-18(16,17)5-1-2-10(14)15/h3-4,6,13H,1-2,5H2,(H,14,15). The lowest BCUT2D eigenvalue weighted by molar-refractivity contribution is -0.137. The molecule has 5 nitrogen and oxygen atoms in total. The fourth-order valence-electron chi connectivity index (χ4n) is 1.20. The minimum Gasteiger partial charge on any atom is -0.481 e. The van der Waals surface area contributed by atoms with Crippen LogP contribution in [0.25, 0.3) is 0 Å². The first-order chi connectivity index (χ1) is 8.30. The highest BCUT2D eigenvalue weighted by atomic mass is 32.2. The fourth-order valence-corrected chi connectivity index (χ4v) is 2.32. The molecule has 0 fully saturated rings. The normalized spacial score (nSPS) is 11.2. The summed E-state index contributed by atoms with van der Waals surface area (Å²) in [5.41, 5.74) is -0.107. The summed E-state index contributed by atoms with van der Waals surface area (Å²) >= 11 is 0. The van der Waals surface area contributed by atoms with Crippen molar-refractivity contribution in [3.8, 4) is 0 Å². The zero-order valence-electron chi connectivity index (χ0n) is 9.19. The van der Waals surface area contributed by atoms with E-state index in [1.807, 2.05) is 4.72 Å². The van der Waals surface area contributed by atoms with Gasteiger partial charge in [0, 0.05) is 12.5 Å². The number of sulfonamides is 1. The number of carbonyl (C=O) groups is 1. The van der Waals surface area contributed by atoms with Crippen molar-refractivity contribution >= 4 is 21.7 Å². The lowest BCUT2D eigenvalue weighted by Gasteiger charge is -2.07. The maximum Gasteiger partial charge on any atom is 0.303 e. The highest BCUT2D eigenvalue weighted by Gasteiger charge is 2.12. The van der Waals surface area contributed by atoms with E-state index in [0.29, 0.717) is 6.07 Å². The van der Waals surface area contributed by atoms with Crippen LogP contribution in [-0.2, 0) is 14.8 Å². The predicted molar refractivity (Wildman–Crippen MR) is 60.6 cm³/mol. The van der Waals surface area contributed by atoms with Crippen LogP contribution in [0.4, 0.5) is 14.5 Å². The maximum atomic E-state index is 12.8. The van der Waals surface area contributed by atoms with E-state index in [-0.39, 0.29) is 18.5 Å². The van der Waals surface area contributed by atoms with Crippen molar-refractivity contribution in [2.24, 2.45) is 0 Å². The second kappa shape index (κ2) is 5.76. The Kier molecular flexibility index (Phi) is 4.60. The van der Waals surface area contributed by atoms with Crippen LogP contribution in [0.15, 0.2) is 18.2 Å². The van der Waals surface area contributed by atoms with Crippen molar-refractivity contribution in [1.82, 2.24) is 0 Å². The number of aliphatic carboxylic acids is 1. The summed E-state index contributed by atoms with van der Waals surface area (Å²) < 4.78 is 50.4. The van der Waals surface area contributed by atoms with Crippen LogP contribution in [0.2, 0.25) is 0 Å². The van der Waals surface area contributed by atoms with Crippen LogP contribution in [0, 0.1) is 11.6 Å². The van der Waals surface area contributed by atoms with Gasteiger partial charge in [-0.05, 0) is 18.6 Å². The molecular formula is C10H11F2NO4S. The highest BCUT2D eigenvalue weighted by molar-refractivity contribution is 7.92. The molecule has 0 heterocycles. The third kappa shape index (κ3) is 4.66. The number of hydrogen-bond donors (Lipinski definition) is 2. The molecular weight excluding hydrogens is 268 g/mol. The van der Waals surface area contributed by atoms with Crippen molar-refractivity contribution in [2.45, 2.75) is 12.8 Å². The van der Waals surface area contributed by atoms with Gasteiger partial charge in [-0.3, -0.25) is 9.52 Å². The van der Waals surface area contributed by atoms with E-state index in [1.165, 1.54) is 0 Å². The molecule has 1 aromatic rings. The molecule has 1 rings (SSSR count). The van der Waals surface area contributed by atoms with E-state index >= 15 is 0 Å². The van der Waals surface area contributed by atoms with E-state index in [1.54, 1.807) is 0 Å². The van der Waals surface area contributed by atoms with Crippen LogP contribution < -0.4 is 4.72 Å². The van der Waals surface area contributed by atoms with E-state index < -0.39 is 33.4 Å². The van der Waals surface area contributed by atoms with Gasteiger partial charge in [0.2, 0.25) is 10.0 Å². The van der Waals surface area contributed by atoms with Crippen molar-refractivity contribution in [1.29, 1.82) is 0 Å². The zero-order valence-corrected chi connectivity index (χ0v) is 10.0.